The van der Waals surface area contributed by atoms with Gasteiger partial charge in [-0.05, 0) is 42.5 Å². The summed E-state index contributed by atoms with van der Waals surface area (Å²) in [6.45, 7) is 6.57. The Labute approximate surface area is 164 Å². The van der Waals surface area contributed by atoms with E-state index < -0.39 is 0 Å². The number of thiophene rings is 1. The van der Waals surface area contributed by atoms with Crippen molar-refractivity contribution in [3.63, 3.8) is 0 Å². The zero-order chi connectivity index (χ0) is 18.6. The Kier molecular flexibility index (Phi) is 5.50. The molecule has 0 aliphatic carbocycles. The molecular formula is C22H25N3OS. The Bertz CT molecular complexity index is 922. The molecule has 0 radical (unpaired) electrons. The molecular weight excluding hydrogens is 354 g/mol. The van der Waals surface area contributed by atoms with E-state index in [2.05, 4.69) is 47.1 Å². The Morgan fingerprint density at radius 2 is 1.93 bits per heavy atom. The van der Waals surface area contributed by atoms with E-state index in [4.69, 9.17) is 0 Å². The monoisotopic (exact) mass is 379 g/mol. The van der Waals surface area contributed by atoms with E-state index >= 15 is 0 Å². The highest BCUT2D eigenvalue weighted by molar-refractivity contribution is 7.19. The number of benzene rings is 1. The molecule has 1 aromatic carbocycles. The predicted molar refractivity (Wildman–Crippen MR) is 111 cm³/mol. The van der Waals surface area contributed by atoms with E-state index in [-0.39, 0.29) is 5.91 Å². The highest BCUT2D eigenvalue weighted by Crippen LogP contribution is 2.31. The van der Waals surface area contributed by atoms with E-state index in [0.717, 1.165) is 44.8 Å². The molecule has 0 spiro atoms. The maximum Gasteiger partial charge on any atom is 0.227 e. The third-order valence-corrected chi connectivity index (χ3v) is 6.58. The number of aryl methyl sites for hydroxylation is 1. The van der Waals surface area contributed by atoms with Crippen molar-refractivity contribution < 1.29 is 4.79 Å². The van der Waals surface area contributed by atoms with Gasteiger partial charge in [0.1, 0.15) is 0 Å². The van der Waals surface area contributed by atoms with Crippen LogP contribution in [0.25, 0.3) is 10.1 Å². The molecule has 1 aliphatic rings. The summed E-state index contributed by atoms with van der Waals surface area (Å²) in [4.78, 5) is 23.0. The number of pyridine rings is 1. The average molecular weight is 380 g/mol. The predicted octanol–water partition coefficient (Wildman–Crippen LogP) is 3.88. The molecule has 27 heavy (non-hydrogen) atoms. The van der Waals surface area contributed by atoms with Gasteiger partial charge in [0, 0.05) is 48.5 Å². The van der Waals surface area contributed by atoms with Crippen LogP contribution >= 0.6 is 11.3 Å². The highest BCUT2D eigenvalue weighted by atomic mass is 32.1. The van der Waals surface area contributed by atoms with Crippen molar-refractivity contribution in [2.45, 2.75) is 26.3 Å². The minimum atomic E-state index is 0.254. The topological polar surface area (TPSA) is 36.4 Å². The third kappa shape index (κ3) is 4.20. The van der Waals surface area contributed by atoms with Crippen LogP contribution in [0, 0.1) is 6.92 Å². The fourth-order valence-corrected chi connectivity index (χ4v) is 4.94. The van der Waals surface area contributed by atoms with Crippen molar-refractivity contribution in [3.8, 4) is 0 Å². The van der Waals surface area contributed by atoms with Crippen LogP contribution in [0.1, 0.15) is 22.6 Å². The lowest BCUT2D eigenvalue weighted by atomic mass is 10.1. The quantitative estimate of drug-likeness (QED) is 0.690. The second-order valence-electron chi connectivity index (χ2n) is 7.15. The Hall–Kier alpha value is -2.24. The Morgan fingerprint density at radius 1 is 1.07 bits per heavy atom. The normalized spacial score (nSPS) is 15.8. The molecule has 2 aromatic heterocycles. The molecule has 140 valence electrons. The van der Waals surface area contributed by atoms with Crippen molar-refractivity contribution in [1.29, 1.82) is 0 Å². The Morgan fingerprint density at radius 3 is 2.74 bits per heavy atom. The molecule has 4 nitrogen and oxygen atoms in total. The molecule has 0 saturated carbocycles. The number of aromatic nitrogens is 1. The van der Waals surface area contributed by atoms with Crippen LogP contribution in [0.15, 0.2) is 48.7 Å². The van der Waals surface area contributed by atoms with Gasteiger partial charge in [-0.2, -0.15) is 0 Å². The Balaban J connectivity index is 1.38. The summed E-state index contributed by atoms with van der Waals surface area (Å²) < 4.78 is 1.27. The average Bonchev–Trinajstić information content (AvgIpc) is 2.85. The number of nitrogens with zero attached hydrogens (tertiary/aromatic N) is 3. The molecule has 1 amide bonds. The van der Waals surface area contributed by atoms with E-state index in [0.29, 0.717) is 6.42 Å². The molecule has 0 atom stereocenters. The van der Waals surface area contributed by atoms with Gasteiger partial charge < -0.3 is 4.90 Å². The summed E-state index contributed by atoms with van der Waals surface area (Å²) in [7, 11) is 0. The zero-order valence-electron chi connectivity index (χ0n) is 15.7. The SMILES string of the molecule is Cc1c(CC(=O)N2CCCN(Cc3ccccn3)CC2)sc2ccccc12. The number of amides is 1. The van der Waals surface area contributed by atoms with E-state index in [9.17, 15) is 4.79 Å². The van der Waals surface area contributed by atoms with Crippen LogP contribution in [-0.2, 0) is 17.8 Å². The van der Waals surface area contributed by atoms with Gasteiger partial charge in [-0.25, -0.2) is 0 Å². The summed E-state index contributed by atoms with van der Waals surface area (Å²) in [5.74, 6) is 0.254. The number of rotatable bonds is 4. The van der Waals surface area contributed by atoms with Crippen molar-refractivity contribution in [2.24, 2.45) is 0 Å². The summed E-state index contributed by atoms with van der Waals surface area (Å²) in [5.41, 5.74) is 2.36. The molecule has 1 aliphatic heterocycles. The molecule has 1 fully saturated rings. The largest absolute Gasteiger partial charge is 0.341 e. The van der Waals surface area contributed by atoms with Gasteiger partial charge in [-0.15, -0.1) is 11.3 Å². The van der Waals surface area contributed by atoms with Crippen molar-refractivity contribution in [3.05, 3.63) is 64.8 Å². The standard InChI is InChI=1S/C22H25N3OS/c1-17-19-8-2-3-9-20(19)27-21(17)15-22(26)25-12-6-11-24(13-14-25)16-18-7-4-5-10-23-18/h2-5,7-10H,6,11-16H2,1H3. The van der Waals surface area contributed by atoms with Crippen LogP contribution in [0.5, 0.6) is 0 Å². The second kappa shape index (κ2) is 8.19. The van der Waals surface area contributed by atoms with Crippen molar-refractivity contribution in [1.82, 2.24) is 14.8 Å². The van der Waals surface area contributed by atoms with E-state index in [1.165, 1.54) is 20.5 Å². The van der Waals surface area contributed by atoms with Crippen LogP contribution in [0.3, 0.4) is 0 Å². The smallest absolute Gasteiger partial charge is 0.227 e. The molecule has 0 bridgehead atoms. The summed E-state index contributed by atoms with van der Waals surface area (Å²) >= 11 is 1.76. The first-order valence-corrected chi connectivity index (χ1v) is 10.4. The van der Waals surface area contributed by atoms with E-state index in [1.54, 1.807) is 11.3 Å². The van der Waals surface area contributed by atoms with Crippen LogP contribution in [0.2, 0.25) is 0 Å². The van der Waals surface area contributed by atoms with Crippen LogP contribution < -0.4 is 0 Å². The second-order valence-corrected chi connectivity index (χ2v) is 8.29. The van der Waals surface area contributed by atoms with Gasteiger partial charge in [0.15, 0.2) is 0 Å². The molecule has 4 rings (SSSR count). The van der Waals surface area contributed by atoms with Gasteiger partial charge in [0.05, 0.1) is 12.1 Å². The molecule has 0 N–H and O–H groups in total. The fraction of sp³-hybridized carbons (Fsp3) is 0.364. The number of hydrogen-bond donors (Lipinski definition) is 0. The van der Waals surface area contributed by atoms with Gasteiger partial charge in [0.25, 0.3) is 0 Å². The summed E-state index contributed by atoms with van der Waals surface area (Å²) in [6, 6.07) is 14.5. The number of fused-ring (bicyclic) bond motifs is 1. The first-order valence-electron chi connectivity index (χ1n) is 9.58. The maximum absolute atomic E-state index is 12.9. The van der Waals surface area contributed by atoms with Gasteiger partial charge >= 0.3 is 0 Å². The van der Waals surface area contributed by atoms with Crippen molar-refractivity contribution in [2.75, 3.05) is 26.2 Å². The third-order valence-electron chi connectivity index (χ3n) is 5.31. The fourth-order valence-electron chi connectivity index (χ4n) is 3.74. The molecule has 3 heterocycles. The molecule has 5 heteroatoms. The minimum absolute atomic E-state index is 0.254. The summed E-state index contributed by atoms with van der Waals surface area (Å²) in [6.07, 6.45) is 3.38. The lowest BCUT2D eigenvalue weighted by Gasteiger charge is -2.22. The number of carbonyl (C=O) groups is 1. The van der Waals surface area contributed by atoms with Crippen LogP contribution in [0.4, 0.5) is 0 Å². The number of carbonyl (C=O) groups excluding carboxylic acids is 1. The lowest BCUT2D eigenvalue weighted by molar-refractivity contribution is -0.130. The first kappa shape index (κ1) is 18.1. The van der Waals surface area contributed by atoms with Gasteiger partial charge in [-0.3, -0.25) is 14.7 Å². The van der Waals surface area contributed by atoms with Gasteiger partial charge in [0.2, 0.25) is 5.91 Å². The van der Waals surface area contributed by atoms with E-state index in [1.807, 2.05) is 23.2 Å². The molecule has 0 unspecified atom stereocenters. The summed E-state index contributed by atoms with van der Waals surface area (Å²) in [5, 5.41) is 1.28. The zero-order valence-corrected chi connectivity index (χ0v) is 16.5. The van der Waals surface area contributed by atoms with Gasteiger partial charge in [-0.1, -0.05) is 24.3 Å². The maximum atomic E-state index is 12.9. The minimum Gasteiger partial charge on any atom is -0.341 e. The lowest BCUT2D eigenvalue weighted by Crippen LogP contribution is -2.36. The molecule has 1 saturated heterocycles. The molecule has 3 aromatic rings. The number of hydrogen-bond acceptors (Lipinski definition) is 4. The van der Waals surface area contributed by atoms with Crippen molar-refractivity contribution >= 4 is 27.3 Å². The van der Waals surface area contributed by atoms with Crippen LogP contribution in [-0.4, -0.2) is 46.9 Å². The highest BCUT2D eigenvalue weighted by Gasteiger charge is 2.21. The first-order chi connectivity index (χ1) is 13.2.